The average Bonchev–Trinajstić information content (AvgIpc) is 2.70. The third kappa shape index (κ3) is 4.54. The third-order valence-electron chi connectivity index (χ3n) is 2.35. The molecule has 0 saturated heterocycles. The van der Waals surface area contributed by atoms with Gasteiger partial charge < -0.3 is 15.3 Å². The molecule has 2 N–H and O–H groups in total. The highest BCUT2D eigenvalue weighted by Crippen LogP contribution is 2.22. The molecule has 0 saturated carbocycles. The number of aliphatic carboxylic acids is 1. The van der Waals surface area contributed by atoms with Crippen LogP contribution in [0.25, 0.3) is 0 Å². The lowest BCUT2D eigenvalue weighted by atomic mass is 10.2. The summed E-state index contributed by atoms with van der Waals surface area (Å²) >= 11 is 7.21. The fourth-order valence-corrected chi connectivity index (χ4v) is 2.35. The number of nitrogens with one attached hydrogen (secondary N) is 1. The Hall–Kier alpha value is -1.27. The molecule has 1 rings (SSSR count). The SMILES string of the molecule is CC(CNC(=O)N(C)Cc1ccc(Cl)s1)C(=O)O. The number of carbonyl (C=O) groups is 2. The summed E-state index contributed by atoms with van der Waals surface area (Å²) in [6.07, 6.45) is 0. The van der Waals surface area contributed by atoms with Gasteiger partial charge in [0.2, 0.25) is 0 Å². The zero-order chi connectivity index (χ0) is 13.7. The molecule has 1 unspecified atom stereocenters. The third-order valence-corrected chi connectivity index (χ3v) is 3.57. The van der Waals surface area contributed by atoms with Gasteiger partial charge in [0, 0.05) is 18.5 Å². The highest BCUT2D eigenvalue weighted by molar-refractivity contribution is 7.16. The van der Waals surface area contributed by atoms with E-state index in [0.717, 1.165) is 4.88 Å². The Bertz CT molecular complexity index is 436. The monoisotopic (exact) mass is 290 g/mol. The molecule has 0 aliphatic rings. The van der Waals surface area contributed by atoms with E-state index in [1.165, 1.54) is 16.2 Å². The summed E-state index contributed by atoms with van der Waals surface area (Å²) in [4.78, 5) is 24.7. The molecule has 18 heavy (non-hydrogen) atoms. The number of hydrogen-bond acceptors (Lipinski definition) is 3. The fourth-order valence-electron chi connectivity index (χ4n) is 1.20. The minimum Gasteiger partial charge on any atom is -0.481 e. The molecule has 0 aromatic carbocycles. The van der Waals surface area contributed by atoms with Gasteiger partial charge in [-0.05, 0) is 12.1 Å². The standard InChI is InChI=1S/C11H15ClN2O3S/c1-7(10(15)16)5-13-11(17)14(2)6-8-3-4-9(12)18-8/h3-4,7H,5-6H2,1-2H3,(H,13,17)(H,15,16). The van der Waals surface area contributed by atoms with E-state index < -0.39 is 11.9 Å². The lowest BCUT2D eigenvalue weighted by Gasteiger charge is -2.18. The van der Waals surface area contributed by atoms with Crippen LogP contribution in [0.15, 0.2) is 12.1 Å². The Labute approximate surface area is 114 Å². The highest BCUT2D eigenvalue weighted by atomic mass is 35.5. The second-order valence-corrected chi connectivity index (χ2v) is 5.79. The van der Waals surface area contributed by atoms with Gasteiger partial charge in [-0.1, -0.05) is 18.5 Å². The van der Waals surface area contributed by atoms with Gasteiger partial charge in [-0.2, -0.15) is 0 Å². The Kier molecular flexibility index (Phi) is 5.43. The number of carboxylic acid groups (broad SMARTS) is 1. The van der Waals surface area contributed by atoms with Crippen molar-refractivity contribution in [2.75, 3.05) is 13.6 Å². The number of amides is 2. The van der Waals surface area contributed by atoms with Crippen LogP contribution >= 0.6 is 22.9 Å². The summed E-state index contributed by atoms with van der Waals surface area (Å²) in [7, 11) is 1.65. The van der Waals surface area contributed by atoms with Crippen LogP contribution < -0.4 is 5.32 Å². The molecule has 0 spiro atoms. The maximum atomic E-state index is 11.7. The molecule has 0 radical (unpaired) electrons. The number of carboxylic acids is 1. The maximum Gasteiger partial charge on any atom is 0.317 e. The first kappa shape index (κ1) is 14.8. The van der Waals surface area contributed by atoms with Crippen molar-refractivity contribution in [2.24, 2.45) is 5.92 Å². The molecule has 2 amide bonds. The zero-order valence-electron chi connectivity index (χ0n) is 10.1. The second-order valence-electron chi connectivity index (χ2n) is 3.99. The van der Waals surface area contributed by atoms with Crippen LogP contribution in [0.3, 0.4) is 0 Å². The molecule has 0 aliphatic heterocycles. The number of thiophene rings is 1. The number of hydrogen-bond donors (Lipinski definition) is 2. The molecule has 1 aromatic heterocycles. The lowest BCUT2D eigenvalue weighted by molar-refractivity contribution is -0.140. The maximum absolute atomic E-state index is 11.7. The Morgan fingerprint density at radius 3 is 2.72 bits per heavy atom. The van der Waals surface area contributed by atoms with E-state index in [9.17, 15) is 9.59 Å². The summed E-state index contributed by atoms with van der Waals surface area (Å²) in [5.41, 5.74) is 0. The topological polar surface area (TPSA) is 69.6 Å². The van der Waals surface area contributed by atoms with Gasteiger partial charge in [0.1, 0.15) is 0 Å². The number of rotatable bonds is 5. The van der Waals surface area contributed by atoms with Crippen molar-refractivity contribution in [2.45, 2.75) is 13.5 Å². The molecule has 0 bridgehead atoms. The van der Waals surface area contributed by atoms with Gasteiger partial charge in [0.05, 0.1) is 16.8 Å². The first-order valence-corrected chi connectivity index (χ1v) is 6.55. The summed E-state index contributed by atoms with van der Waals surface area (Å²) in [6.45, 7) is 2.11. The predicted molar refractivity (Wildman–Crippen MR) is 71.0 cm³/mol. The highest BCUT2D eigenvalue weighted by Gasteiger charge is 2.14. The van der Waals surface area contributed by atoms with E-state index >= 15 is 0 Å². The second kappa shape index (κ2) is 6.61. The van der Waals surface area contributed by atoms with Crippen molar-refractivity contribution in [3.8, 4) is 0 Å². The predicted octanol–water partition coefficient (Wildman–Crippen LogP) is 2.26. The smallest absolute Gasteiger partial charge is 0.317 e. The fraction of sp³-hybridized carbons (Fsp3) is 0.455. The van der Waals surface area contributed by atoms with Gasteiger partial charge in [-0.15, -0.1) is 11.3 Å². The molecule has 0 fully saturated rings. The van der Waals surface area contributed by atoms with E-state index in [1.807, 2.05) is 6.07 Å². The molecule has 0 aliphatic carbocycles. The van der Waals surface area contributed by atoms with Crippen molar-refractivity contribution in [1.82, 2.24) is 10.2 Å². The largest absolute Gasteiger partial charge is 0.481 e. The van der Waals surface area contributed by atoms with Crippen molar-refractivity contribution in [1.29, 1.82) is 0 Å². The van der Waals surface area contributed by atoms with Gasteiger partial charge in [0.25, 0.3) is 0 Å². The Morgan fingerprint density at radius 2 is 2.22 bits per heavy atom. The van der Waals surface area contributed by atoms with E-state index in [1.54, 1.807) is 20.0 Å². The van der Waals surface area contributed by atoms with Crippen LogP contribution in [0.4, 0.5) is 4.79 Å². The average molecular weight is 291 g/mol. The number of carbonyl (C=O) groups excluding carboxylic acids is 1. The molecular formula is C11H15ClN2O3S. The number of urea groups is 1. The number of nitrogens with zero attached hydrogens (tertiary/aromatic N) is 1. The minimum atomic E-state index is -0.928. The first-order chi connectivity index (χ1) is 8.40. The van der Waals surface area contributed by atoms with Gasteiger partial charge in [-0.3, -0.25) is 4.79 Å². The summed E-state index contributed by atoms with van der Waals surface area (Å²) in [6, 6.07) is 3.34. The van der Waals surface area contributed by atoms with Gasteiger partial charge in [-0.25, -0.2) is 4.79 Å². The first-order valence-electron chi connectivity index (χ1n) is 5.36. The molecular weight excluding hydrogens is 276 g/mol. The van der Waals surface area contributed by atoms with Crippen molar-refractivity contribution in [3.05, 3.63) is 21.3 Å². The van der Waals surface area contributed by atoms with Crippen molar-refractivity contribution < 1.29 is 14.7 Å². The van der Waals surface area contributed by atoms with Crippen LogP contribution in [0.1, 0.15) is 11.8 Å². The normalized spacial score (nSPS) is 11.9. The molecule has 1 aromatic rings. The van der Waals surface area contributed by atoms with Crippen molar-refractivity contribution >= 4 is 34.9 Å². The van der Waals surface area contributed by atoms with Gasteiger partial charge in [0.15, 0.2) is 0 Å². The summed E-state index contributed by atoms with van der Waals surface area (Å²) in [5, 5.41) is 11.3. The van der Waals surface area contributed by atoms with Crippen molar-refractivity contribution in [3.63, 3.8) is 0 Å². The molecule has 100 valence electrons. The summed E-state index contributed by atoms with van der Waals surface area (Å²) in [5.74, 6) is -1.53. The molecule has 1 heterocycles. The van der Waals surface area contributed by atoms with Crippen LogP contribution in [0.2, 0.25) is 4.34 Å². The Balaban J connectivity index is 2.39. The van der Waals surface area contributed by atoms with Crippen LogP contribution in [0.5, 0.6) is 0 Å². The van der Waals surface area contributed by atoms with E-state index in [2.05, 4.69) is 5.32 Å². The van der Waals surface area contributed by atoms with E-state index in [0.29, 0.717) is 10.9 Å². The number of halogens is 1. The minimum absolute atomic E-state index is 0.115. The zero-order valence-corrected chi connectivity index (χ0v) is 11.7. The van der Waals surface area contributed by atoms with Gasteiger partial charge >= 0.3 is 12.0 Å². The summed E-state index contributed by atoms with van der Waals surface area (Å²) < 4.78 is 0.679. The van der Waals surface area contributed by atoms with E-state index in [-0.39, 0.29) is 12.6 Å². The van der Waals surface area contributed by atoms with E-state index in [4.69, 9.17) is 16.7 Å². The van der Waals surface area contributed by atoms with Crippen LogP contribution in [-0.2, 0) is 11.3 Å². The van der Waals surface area contributed by atoms with Crippen LogP contribution in [-0.4, -0.2) is 35.6 Å². The lowest BCUT2D eigenvalue weighted by Crippen LogP contribution is -2.39. The Morgan fingerprint density at radius 1 is 1.56 bits per heavy atom. The molecule has 1 atom stereocenters. The van der Waals surface area contributed by atoms with Crippen LogP contribution in [0, 0.1) is 5.92 Å². The quantitative estimate of drug-likeness (QED) is 0.874. The molecule has 7 heteroatoms. The molecule has 5 nitrogen and oxygen atoms in total.